The van der Waals surface area contributed by atoms with Crippen LogP contribution in [0.15, 0.2) is 0 Å². The molecule has 2 unspecified atom stereocenters. The number of rotatable bonds is 70. The lowest BCUT2D eigenvalue weighted by Crippen LogP contribution is -2.30. The molecular formula is C69H134O17P2. The second-order valence-corrected chi connectivity index (χ2v) is 27.8. The molecule has 0 saturated carbocycles. The maximum atomic E-state index is 13.0. The van der Waals surface area contributed by atoms with Gasteiger partial charge in [-0.2, -0.15) is 0 Å². The van der Waals surface area contributed by atoms with Crippen LogP contribution in [0.1, 0.15) is 362 Å². The van der Waals surface area contributed by atoms with Gasteiger partial charge in [-0.25, -0.2) is 9.13 Å². The van der Waals surface area contributed by atoms with Crippen molar-refractivity contribution in [2.24, 2.45) is 0 Å². The van der Waals surface area contributed by atoms with Gasteiger partial charge in [0, 0.05) is 25.7 Å². The Kier molecular flexibility index (Phi) is 62.4. The Morgan fingerprint density at radius 1 is 0.273 bits per heavy atom. The van der Waals surface area contributed by atoms with Crippen LogP contribution in [-0.2, 0) is 65.4 Å². The molecule has 3 N–H and O–H groups in total. The van der Waals surface area contributed by atoms with Gasteiger partial charge in [0.25, 0.3) is 0 Å². The average Bonchev–Trinajstić information content (AvgIpc) is 3.53. The minimum absolute atomic E-state index is 0.104. The Balaban J connectivity index is 5.10. The fourth-order valence-electron chi connectivity index (χ4n) is 10.5. The number of carbonyl (C=O) groups is 4. The van der Waals surface area contributed by atoms with Gasteiger partial charge < -0.3 is 33.8 Å². The summed E-state index contributed by atoms with van der Waals surface area (Å²) in [6.07, 6.45) is 51.8. The summed E-state index contributed by atoms with van der Waals surface area (Å²) in [6.45, 7) is 4.85. The highest BCUT2D eigenvalue weighted by Crippen LogP contribution is 2.45. The Morgan fingerprint density at radius 3 is 0.670 bits per heavy atom. The quantitative estimate of drug-likeness (QED) is 0.0222. The van der Waals surface area contributed by atoms with Crippen LogP contribution in [0.3, 0.4) is 0 Å². The van der Waals surface area contributed by atoms with E-state index in [1.165, 1.54) is 167 Å². The van der Waals surface area contributed by atoms with Gasteiger partial charge in [-0.15, -0.1) is 0 Å². The summed E-state index contributed by atoms with van der Waals surface area (Å²) in [7, 11) is -9.88. The molecule has 0 heterocycles. The molecule has 0 aliphatic heterocycles. The molecule has 19 heteroatoms. The van der Waals surface area contributed by atoms with E-state index in [2.05, 4.69) is 27.7 Å². The Morgan fingerprint density at radius 2 is 0.455 bits per heavy atom. The number of phosphoric ester groups is 2. The molecule has 0 aromatic rings. The predicted octanol–water partition coefficient (Wildman–Crippen LogP) is 19.9. The van der Waals surface area contributed by atoms with Gasteiger partial charge >= 0.3 is 39.5 Å². The first-order valence-corrected chi connectivity index (χ1v) is 39.3. The van der Waals surface area contributed by atoms with E-state index in [0.29, 0.717) is 25.7 Å². The summed E-state index contributed by atoms with van der Waals surface area (Å²) in [5, 5.41) is 10.5. The first-order valence-electron chi connectivity index (χ1n) is 36.3. The second-order valence-electron chi connectivity index (χ2n) is 24.9. The van der Waals surface area contributed by atoms with E-state index < -0.39 is 97.5 Å². The fraction of sp³-hybridized carbons (Fsp3) is 0.942. The molecule has 5 atom stereocenters. The van der Waals surface area contributed by atoms with E-state index in [0.717, 1.165) is 116 Å². The van der Waals surface area contributed by atoms with Crippen molar-refractivity contribution in [3.8, 4) is 0 Å². The van der Waals surface area contributed by atoms with Gasteiger partial charge in [0.1, 0.15) is 19.3 Å². The monoisotopic (exact) mass is 1300 g/mol. The second kappa shape index (κ2) is 63.8. The van der Waals surface area contributed by atoms with Crippen LogP contribution in [0.4, 0.5) is 0 Å². The Hall–Kier alpha value is -1.94. The summed E-state index contributed by atoms with van der Waals surface area (Å²) in [6, 6.07) is 0. The number of hydrogen-bond acceptors (Lipinski definition) is 15. The predicted molar refractivity (Wildman–Crippen MR) is 354 cm³/mol. The topological polar surface area (TPSA) is 237 Å². The fourth-order valence-corrected chi connectivity index (χ4v) is 12.1. The molecule has 88 heavy (non-hydrogen) atoms. The average molecular weight is 1300 g/mol. The van der Waals surface area contributed by atoms with E-state index >= 15 is 0 Å². The molecule has 0 amide bonds. The zero-order valence-electron chi connectivity index (χ0n) is 56.7. The maximum Gasteiger partial charge on any atom is 0.472 e. The molecule has 0 fully saturated rings. The molecule has 0 radical (unpaired) electrons. The number of hydrogen-bond donors (Lipinski definition) is 3. The number of ether oxygens (including phenoxy) is 4. The molecule has 0 aliphatic rings. The van der Waals surface area contributed by atoms with Crippen LogP contribution in [0, 0.1) is 0 Å². The highest BCUT2D eigenvalue weighted by atomic mass is 31.2. The maximum absolute atomic E-state index is 13.0. The molecule has 0 aromatic carbocycles. The van der Waals surface area contributed by atoms with E-state index in [1.807, 2.05) is 0 Å². The minimum atomic E-state index is -4.95. The Labute approximate surface area is 537 Å². The lowest BCUT2D eigenvalue weighted by Gasteiger charge is -2.21. The Bertz CT molecular complexity index is 1690. The third-order valence-electron chi connectivity index (χ3n) is 16.1. The highest BCUT2D eigenvalue weighted by Gasteiger charge is 2.30. The molecule has 0 aliphatic carbocycles. The van der Waals surface area contributed by atoms with Gasteiger partial charge in [-0.1, -0.05) is 310 Å². The zero-order chi connectivity index (χ0) is 64.7. The largest absolute Gasteiger partial charge is 0.472 e. The zero-order valence-corrected chi connectivity index (χ0v) is 58.5. The van der Waals surface area contributed by atoms with Crippen molar-refractivity contribution in [1.29, 1.82) is 0 Å². The van der Waals surface area contributed by atoms with E-state index in [9.17, 15) is 43.2 Å². The summed E-state index contributed by atoms with van der Waals surface area (Å²) in [5.41, 5.74) is 0. The van der Waals surface area contributed by atoms with Crippen molar-refractivity contribution in [2.45, 2.75) is 380 Å². The molecular weight excluding hydrogens is 1160 g/mol. The van der Waals surface area contributed by atoms with E-state index in [-0.39, 0.29) is 25.7 Å². The van der Waals surface area contributed by atoms with Crippen LogP contribution in [0.25, 0.3) is 0 Å². The normalized spacial score (nSPS) is 14.0. The van der Waals surface area contributed by atoms with Gasteiger partial charge in [0.15, 0.2) is 12.2 Å². The van der Waals surface area contributed by atoms with Crippen LogP contribution in [0.2, 0.25) is 0 Å². The summed E-state index contributed by atoms with van der Waals surface area (Å²) in [4.78, 5) is 72.2. The van der Waals surface area contributed by atoms with Crippen LogP contribution >= 0.6 is 15.6 Å². The highest BCUT2D eigenvalue weighted by molar-refractivity contribution is 7.47. The number of aliphatic hydroxyl groups excluding tert-OH is 1. The lowest BCUT2D eigenvalue weighted by atomic mass is 10.0. The number of phosphoric acid groups is 2. The van der Waals surface area contributed by atoms with Crippen LogP contribution in [0.5, 0.6) is 0 Å². The van der Waals surface area contributed by atoms with Gasteiger partial charge in [-0.05, 0) is 25.7 Å². The van der Waals surface area contributed by atoms with Gasteiger partial charge in [-0.3, -0.25) is 37.3 Å². The minimum Gasteiger partial charge on any atom is -0.462 e. The summed E-state index contributed by atoms with van der Waals surface area (Å²) in [5.74, 6) is -2.13. The molecule has 17 nitrogen and oxygen atoms in total. The van der Waals surface area contributed by atoms with E-state index in [4.69, 9.17) is 37.0 Å². The molecule has 0 spiro atoms. The van der Waals surface area contributed by atoms with Crippen molar-refractivity contribution in [2.75, 3.05) is 39.6 Å². The summed E-state index contributed by atoms with van der Waals surface area (Å²) < 4.78 is 68.0. The number of unbranched alkanes of at least 4 members (excludes halogenated alkanes) is 44. The van der Waals surface area contributed by atoms with Crippen molar-refractivity contribution < 1.29 is 80.2 Å². The van der Waals surface area contributed by atoms with Crippen molar-refractivity contribution >= 4 is 39.5 Å². The number of esters is 4. The number of aliphatic hydroxyl groups is 1. The molecule has 0 bridgehead atoms. The molecule has 0 saturated heterocycles. The van der Waals surface area contributed by atoms with Crippen molar-refractivity contribution in [3.05, 3.63) is 0 Å². The third kappa shape index (κ3) is 62.8. The van der Waals surface area contributed by atoms with Gasteiger partial charge in [0.2, 0.25) is 0 Å². The van der Waals surface area contributed by atoms with Crippen molar-refractivity contribution in [1.82, 2.24) is 0 Å². The SMILES string of the molecule is CCCCCCCCCCCCCCCCCCCCCCCC(=O)O[C@H](COC(=O)CCCCCCCCCCCCCCC)COP(=O)(O)OC[C@@H](O)COP(=O)(O)OC[C@@H](COC(=O)CCCCCCCCC)OC(=O)CCCCCCCCC. The third-order valence-corrected chi connectivity index (χ3v) is 18.0. The standard InChI is InChI=1S/C69H134O17P2/c1-5-9-13-17-21-23-25-27-28-29-30-31-32-33-34-36-38-40-44-48-52-56-69(74)86-65(60-80-67(72)54-50-46-43-39-37-35-26-24-22-18-14-10-6-2)62-84-88(77,78)82-58-63(70)57-81-87(75,76)83-61-64(85-68(73)55-51-47-42-20-16-12-8-4)59-79-66(71)53-49-45-41-19-15-11-7-3/h63-65,70H,5-62H2,1-4H3,(H,75,76)(H,77,78)/t63-,64+,65+/m0/s1. The smallest absolute Gasteiger partial charge is 0.462 e. The number of carbonyl (C=O) groups excluding carboxylic acids is 4. The lowest BCUT2D eigenvalue weighted by molar-refractivity contribution is -0.161. The van der Waals surface area contributed by atoms with Crippen LogP contribution in [-0.4, -0.2) is 96.7 Å². The summed E-state index contributed by atoms with van der Waals surface area (Å²) >= 11 is 0. The first kappa shape index (κ1) is 86.1. The molecule has 0 aromatic heterocycles. The van der Waals surface area contributed by atoms with E-state index in [1.54, 1.807) is 0 Å². The molecule has 0 rings (SSSR count). The van der Waals surface area contributed by atoms with Gasteiger partial charge in [0.05, 0.1) is 26.4 Å². The molecule has 522 valence electrons. The van der Waals surface area contributed by atoms with Crippen molar-refractivity contribution in [3.63, 3.8) is 0 Å². The first-order chi connectivity index (χ1) is 42.7. The van der Waals surface area contributed by atoms with Crippen LogP contribution < -0.4 is 0 Å².